The molecule has 0 spiro atoms. The molecule has 1 rings (SSSR count). The Labute approximate surface area is 83.6 Å². The number of alkyl halides is 3. The number of nitrogens with one attached hydrogen (secondary N) is 1. The zero-order chi connectivity index (χ0) is 10.8. The van der Waals surface area contributed by atoms with Crippen LogP contribution in [0.15, 0.2) is 23.1 Å². The van der Waals surface area contributed by atoms with Crippen molar-refractivity contribution in [3.63, 3.8) is 0 Å². The minimum atomic E-state index is -4.25. The van der Waals surface area contributed by atoms with Crippen molar-refractivity contribution < 1.29 is 13.2 Å². The number of nitrogens with two attached hydrogens (primary N) is 1. The lowest BCUT2D eigenvalue weighted by Crippen LogP contribution is -2.08. The van der Waals surface area contributed by atoms with E-state index in [0.717, 1.165) is 0 Å². The van der Waals surface area contributed by atoms with Crippen LogP contribution in [-0.2, 0) is 0 Å². The molecular weight excluding hydrogens is 213 g/mol. The van der Waals surface area contributed by atoms with E-state index < -0.39 is 5.51 Å². The summed E-state index contributed by atoms with van der Waals surface area (Å²) in [5.74, 6) is 5.15. The van der Waals surface area contributed by atoms with Gasteiger partial charge in [0.1, 0.15) is 0 Å². The number of anilines is 1. The van der Waals surface area contributed by atoms with Crippen molar-refractivity contribution in [2.75, 3.05) is 5.43 Å². The molecule has 6 heteroatoms. The van der Waals surface area contributed by atoms with E-state index in [1.165, 1.54) is 18.2 Å². The van der Waals surface area contributed by atoms with E-state index in [-0.39, 0.29) is 16.7 Å². The van der Waals surface area contributed by atoms with Crippen LogP contribution in [-0.4, -0.2) is 5.51 Å². The summed E-state index contributed by atoms with van der Waals surface area (Å²) in [7, 11) is 0. The van der Waals surface area contributed by atoms with Crippen molar-refractivity contribution >= 4 is 17.4 Å². The second-order valence-corrected chi connectivity index (χ2v) is 3.81. The standard InChI is InChI=1S/C8H9F3N2S/c1-5-4-6(14-8(9,10)11)2-3-7(5)13-12/h2-4,13H,12H2,1H3. The Morgan fingerprint density at radius 1 is 1.36 bits per heavy atom. The molecule has 1 aromatic carbocycles. The molecule has 0 aliphatic carbocycles. The summed E-state index contributed by atoms with van der Waals surface area (Å²) in [5, 5.41) is 0. The van der Waals surface area contributed by atoms with Crippen molar-refractivity contribution in [3.05, 3.63) is 23.8 Å². The SMILES string of the molecule is Cc1cc(SC(F)(F)F)ccc1NN. The molecule has 14 heavy (non-hydrogen) atoms. The van der Waals surface area contributed by atoms with Crippen LogP contribution in [0.4, 0.5) is 18.9 Å². The summed E-state index contributed by atoms with van der Waals surface area (Å²) in [5.41, 5.74) is -0.547. The Bertz CT molecular complexity index is 325. The van der Waals surface area contributed by atoms with E-state index in [4.69, 9.17) is 5.84 Å². The van der Waals surface area contributed by atoms with Gasteiger partial charge in [-0.25, -0.2) is 0 Å². The van der Waals surface area contributed by atoms with E-state index in [9.17, 15) is 13.2 Å². The molecule has 0 heterocycles. The maximum Gasteiger partial charge on any atom is 0.446 e. The maximum atomic E-state index is 12.0. The van der Waals surface area contributed by atoms with Crippen molar-refractivity contribution in [1.82, 2.24) is 0 Å². The van der Waals surface area contributed by atoms with E-state index in [0.29, 0.717) is 11.3 Å². The number of nitrogen functional groups attached to an aromatic ring is 1. The van der Waals surface area contributed by atoms with Crippen LogP contribution >= 0.6 is 11.8 Å². The summed E-state index contributed by atoms with van der Waals surface area (Å²) < 4.78 is 35.9. The molecule has 1 aromatic rings. The molecule has 0 amide bonds. The van der Waals surface area contributed by atoms with Gasteiger partial charge in [-0.2, -0.15) is 13.2 Å². The molecule has 0 bridgehead atoms. The molecule has 0 aliphatic rings. The summed E-state index contributed by atoms with van der Waals surface area (Å²) in [4.78, 5) is 0.161. The molecular formula is C8H9F3N2S. The number of hydrazine groups is 1. The average Bonchev–Trinajstić information content (AvgIpc) is 2.01. The zero-order valence-corrected chi connectivity index (χ0v) is 8.17. The highest BCUT2D eigenvalue weighted by molar-refractivity contribution is 8.00. The number of rotatable bonds is 2. The number of thioether (sulfide) groups is 1. The van der Waals surface area contributed by atoms with Gasteiger partial charge in [0.05, 0.1) is 5.69 Å². The van der Waals surface area contributed by atoms with E-state index in [1.807, 2.05) is 0 Å². The Kier molecular flexibility index (Phi) is 3.28. The summed E-state index contributed by atoms with van der Waals surface area (Å²) in [6.45, 7) is 1.69. The van der Waals surface area contributed by atoms with Crippen LogP contribution in [0.3, 0.4) is 0 Å². The smallest absolute Gasteiger partial charge is 0.324 e. The van der Waals surface area contributed by atoms with Crippen molar-refractivity contribution in [2.24, 2.45) is 5.84 Å². The third-order valence-electron chi connectivity index (χ3n) is 1.59. The number of hydrogen-bond donors (Lipinski definition) is 2. The molecule has 0 saturated carbocycles. The highest BCUT2D eigenvalue weighted by Crippen LogP contribution is 2.37. The maximum absolute atomic E-state index is 12.0. The van der Waals surface area contributed by atoms with Crippen LogP contribution in [0, 0.1) is 6.92 Å². The third-order valence-corrected chi connectivity index (χ3v) is 2.31. The first-order chi connectivity index (χ1) is 6.42. The Morgan fingerprint density at radius 3 is 2.43 bits per heavy atom. The predicted octanol–water partition coefficient (Wildman–Crippen LogP) is 2.89. The second-order valence-electron chi connectivity index (χ2n) is 2.67. The van der Waals surface area contributed by atoms with Gasteiger partial charge < -0.3 is 5.43 Å². The van der Waals surface area contributed by atoms with Gasteiger partial charge in [-0.05, 0) is 42.4 Å². The lowest BCUT2D eigenvalue weighted by atomic mass is 10.2. The van der Waals surface area contributed by atoms with Crippen molar-refractivity contribution in [3.8, 4) is 0 Å². The van der Waals surface area contributed by atoms with Crippen molar-refractivity contribution in [2.45, 2.75) is 17.3 Å². The van der Waals surface area contributed by atoms with Gasteiger partial charge in [0, 0.05) is 4.90 Å². The predicted molar refractivity (Wildman–Crippen MR) is 50.9 cm³/mol. The van der Waals surface area contributed by atoms with Crippen LogP contribution in [0.5, 0.6) is 0 Å². The van der Waals surface area contributed by atoms with Gasteiger partial charge in [-0.3, -0.25) is 5.84 Å². The number of benzene rings is 1. The Balaban J connectivity index is 2.87. The lowest BCUT2D eigenvalue weighted by Gasteiger charge is -2.08. The van der Waals surface area contributed by atoms with Crippen LogP contribution in [0.2, 0.25) is 0 Å². The Hall–Kier alpha value is -0.880. The first-order valence-corrected chi connectivity index (χ1v) is 4.57. The van der Waals surface area contributed by atoms with Crippen LogP contribution in [0.25, 0.3) is 0 Å². The van der Waals surface area contributed by atoms with Gasteiger partial charge in [-0.15, -0.1) is 0 Å². The van der Waals surface area contributed by atoms with E-state index >= 15 is 0 Å². The minimum Gasteiger partial charge on any atom is -0.324 e. The van der Waals surface area contributed by atoms with Gasteiger partial charge >= 0.3 is 5.51 Å². The fourth-order valence-corrected chi connectivity index (χ4v) is 1.63. The topological polar surface area (TPSA) is 38.0 Å². The lowest BCUT2D eigenvalue weighted by molar-refractivity contribution is -0.0328. The fourth-order valence-electron chi connectivity index (χ4n) is 0.995. The molecule has 0 atom stereocenters. The first kappa shape index (κ1) is 11.2. The van der Waals surface area contributed by atoms with E-state index in [1.54, 1.807) is 6.92 Å². The minimum absolute atomic E-state index is 0.134. The molecule has 0 radical (unpaired) electrons. The van der Waals surface area contributed by atoms with E-state index in [2.05, 4.69) is 5.43 Å². The van der Waals surface area contributed by atoms with Gasteiger partial charge in [-0.1, -0.05) is 0 Å². The molecule has 3 N–H and O–H groups in total. The normalized spacial score (nSPS) is 11.5. The molecule has 0 fully saturated rings. The van der Waals surface area contributed by atoms with Gasteiger partial charge in [0.15, 0.2) is 0 Å². The summed E-state index contributed by atoms with van der Waals surface area (Å²) in [6.07, 6.45) is 0. The van der Waals surface area contributed by atoms with Gasteiger partial charge in [0.2, 0.25) is 0 Å². The largest absolute Gasteiger partial charge is 0.446 e. The number of halogens is 3. The Morgan fingerprint density at radius 2 is 2.00 bits per heavy atom. The third kappa shape index (κ3) is 3.12. The highest BCUT2D eigenvalue weighted by Gasteiger charge is 2.29. The zero-order valence-electron chi connectivity index (χ0n) is 7.35. The first-order valence-electron chi connectivity index (χ1n) is 3.75. The van der Waals surface area contributed by atoms with Gasteiger partial charge in [0.25, 0.3) is 0 Å². The summed E-state index contributed by atoms with van der Waals surface area (Å²) in [6, 6.07) is 4.33. The summed E-state index contributed by atoms with van der Waals surface area (Å²) >= 11 is -0.134. The number of hydrogen-bond acceptors (Lipinski definition) is 3. The monoisotopic (exact) mass is 222 g/mol. The van der Waals surface area contributed by atoms with Crippen LogP contribution < -0.4 is 11.3 Å². The molecule has 0 aromatic heterocycles. The molecule has 0 unspecified atom stereocenters. The average molecular weight is 222 g/mol. The fraction of sp³-hybridized carbons (Fsp3) is 0.250. The number of aryl methyl sites for hydroxylation is 1. The quantitative estimate of drug-likeness (QED) is 0.459. The molecule has 2 nitrogen and oxygen atoms in total. The van der Waals surface area contributed by atoms with Crippen molar-refractivity contribution in [1.29, 1.82) is 0 Å². The van der Waals surface area contributed by atoms with Crippen LogP contribution in [0.1, 0.15) is 5.56 Å². The molecule has 78 valence electrons. The highest BCUT2D eigenvalue weighted by atomic mass is 32.2. The molecule has 0 aliphatic heterocycles. The molecule has 0 saturated heterocycles. The second kappa shape index (κ2) is 4.10.